The van der Waals surface area contributed by atoms with Gasteiger partial charge in [0, 0.05) is 12.1 Å². The van der Waals surface area contributed by atoms with Gasteiger partial charge in [0.05, 0.1) is 12.4 Å². The van der Waals surface area contributed by atoms with E-state index in [1.54, 1.807) is 7.11 Å². The van der Waals surface area contributed by atoms with Crippen LogP contribution in [0.1, 0.15) is 25.0 Å². The molecular weight excluding hydrogens is 372 g/mol. The molecule has 0 saturated heterocycles. The summed E-state index contributed by atoms with van der Waals surface area (Å²) >= 11 is 1.33. The molecule has 0 bridgehead atoms. The van der Waals surface area contributed by atoms with Crippen LogP contribution in [0, 0.1) is 0 Å². The van der Waals surface area contributed by atoms with Crippen molar-refractivity contribution < 1.29 is 9.53 Å². The summed E-state index contributed by atoms with van der Waals surface area (Å²) in [5.41, 5.74) is 3.27. The van der Waals surface area contributed by atoms with Gasteiger partial charge in [-0.1, -0.05) is 55.1 Å². The average molecular weight is 397 g/mol. The predicted molar refractivity (Wildman–Crippen MR) is 111 cm³/mol. The lowest BCUT2D eigenvalue weighted by atomic mass is 10.1. The van der Waals surface area contributed by atoms with Gasteiger partial charge in [0.1, 0.15) is 5.75 Å². The van der Waals surface area contributed by atoms with E-state index in [1.165, 1.54) is 17.3 Å². The smallest absolute Gasteiger partial charge is 0.233 e. The lowest BCUT2D eigenvalue weighted by Gasteiger charge is -2.10. The van der Waals surface area contributed by atoms with Crippen LogP contribution in [0.15, 0.2) is 53.7 Å². The molecular formula is C21H24N4O2S. The van der Waals surface area contributed by atoms with Crippen LogP contribution in [-0.2, 0) is 17.8 Å². The second kappa shape index (κ2) is 9.41. The van der Waals surface area contributed by atoms with Crippen LogP contribution in [0.3, 0.4) is 0 Å². The van der Waals surface area contributed by atoms with Crippen molar-refractivity contribution in [3.8, 4) is 17.1 Å². The van der Waals surface area contributed by atoms with Gasteiger partial charge in [-0.15, -0.1) is 5.10 Å². The molecule has 0 fully saturated rings. The number of aromatic amines is 1. The molecule has 6 nitrogen and oxygen atoms in total. The summed E-state index contributed by atoms with van der Waals surface area (Å²) in [5, 5.41) is 10.4. The van der Waals surface area contributed by atoms with Gasteiger partial charge in [-0.2, -0.15) is 0 Å². The first-order valence-electron chi connectivity index (χ1n) is 9.18. The highest BCUT2D eigenvalue weighted by molar-refractivity contribution is 8.00. The number of benzene rings is 2. The third-order valence-electron chi connectivity index (χ3n) is 4.38. The van der Waals surface area contributed by atoms with Crippen molar-refractivity contribution in [1.82, 2.24) is 20.5 Å². The van der Waals surface area contributed by atoms with Crippen molar-refractivity contribution in [3.05, 3.63) is 59.7 Å². The number of nitrogens with zero attached hydrogens (tertiary/aromatic N) is 2. The Labute approximate surface area is 169 Å². The van der Waals surface area contributed by atoms with E-state index in [0.29, 0.717) is 17.5 Å². The predicted octanol–water partition coefficient (Wildman–Crippen LogP) is 3.84. The number of aromatic nitrogens is 3. The average Bonchev–Trinajstić information content (AvgIpc) is 3.20. The van der Waals surface area contributed by atoms with E-state index in [4.69, 9.17) is 4.74 Å². The van der Waals surface area contributed by atoms with Crippen molar-refractivity contribution in [2.45, 2.75) is 37.2 Å². The molecule has 7 heteroatoms. The second-order valence-corrected chi connectivity index (χ2v) is 7.65. The summed E-state index contributed by atoms with van der Waals surface area (Å²) in [6.07, 6.45) is 1.00. The highest BCUT2D eigenvalue weighted by Crippen LogP contribution is 2.23. The molecule has 3 rings (SSSR count). The largest absolute Gasteiger partial charge is 0.497 e. The number of rotatable bonds is 8. The van der Waals surface area contributed by atoms with Gasteiger partial charge in [0.15, 0.2) is 5.82 Å². The fourth-order valence-electron chi connectivity index (χ4n) is 2.61. The molecule has 0 aliphatic carbocycles. The van der Waals surface area contributed by atoms with Crippen LogP contribution in [0.5, 0.6) is 5.75 Å². The summed E-state index contributed by atoms with van der Waals surface area (Å²) in [6.45, 7) is 4.44. The molecule has 2 N–H and O–H groups in total. The van der Waals surface area contributed by atoms with Gasteiger partial charge in [0.25, 0.3) is 0 Å². The van der Waals surface area contributed by atoms with Gasteiger partial charge in [-0.05, 0) is 36.6 Å². The number of hydrogen-bond donors (Lipinski definition) is 2. The SMILES string of the molecule is CCc1ccc(-c2nc(S[C@@H](C)C(=O)NCc3ccc(OC)cc3)n[nH]2)cc1. The Morgan fingerprint density at radius 2 is 1.82 bits per heavy atom. The minimum absolute atomic E-state index is 0.0560. The fourth-order valence-corrected chi connectivity index (χ4v) is 3.36. The van der Waals surface area contributed by atoms with Crippen molar-refractivity contribution >= 4 is 17.7 Å². The third kappa shape index (κ3) is 5.13. The van der Waals surface area contributed by atoms with Gasteiger partial charge in [0.2, 0.25) is 11.1 Å². The fraction of sp³-hybridized carbons (Fsp3) is 0.286. The Morgan fingerprint density at radius 1 is 1.14 bits per heavy atom. The number of nitrogens with one attached hydrogen (secondary N) is 2. The zero-order valence-electron chi connectivity index (χ0n) is 16.2. The maximum absolute atomic E-state index is 12.4. The third-order valence-corrected chi connectivity index (χ3v) is 5.34. The highest BCUT2D eigenvalue weighted by atomic mass is 32.2. The molecule has 2 aromatic carbocycles. The molecule has 28 heavy (non-hydrogen) atoms. The lowest BCUT2D eigenvalue weighted by molar-refractivity contribution is -0.120. The number of aryl methyl sites for hydroxylation is 1. The topological polar surface area (TPSA) is 79.9 Å². The van der Waals surface area contributed by atoms with Crippen LogP contribution in [0.2, 0.25) is 0 Å². The molecule has 0 spiro atoms. The van der Waals surface area contributed by atoms with Crippen LogP contribution in [-0.4, -0.2) is 33.4 Å². The van der Waals surface area contributed by atoms with E-state index in [2.05, 4.69) is 39.6 Å². The first kappa shape index (κ1) is 19.9. The molecule has 1 atom stereocenters. The molecule has 0 aliphatic heterocycles. The Bertz CT molecular complexity index is 907. The number of carbonyl (C=O) groups is 1. The van der Waals surface area contributed by atoms with Gasteiger partial charge >= 0.3 is 0 Å². The summed E-state index contributed by atoms with van der Waals surface area (Å²) < 4.78 is 5.14. The second-order valence-electron chi connectivity index (χ2n) is 6.34. The molecule has 1 amide bonds. The summed E-state index contributed by atoms with van der Waals surface area (Å²) in [4.78, 5) is 16.9. The summed E-state index contributed by atoms with van der Waals surface area (Å²) in [6, 6.07) is 15.8. The quantitative estimate of drug-likeness (QED) is 0.566. The van der Waals surface area contributed by atoms with Crippen LogP contribution < -0.4 is 10.1 Å². The van der Waals surface area contributed by atoms with Crippen LogP contribution in [0.4, 0.5) is 0 Å². The molecule has 146 valence electrons. The van der Waals surface area contributed by atoms with Gasteiger partial charge in [-0.3, -0.25) is 9.89 Å². The number of H-pyrrole nitrogens is 1. The van der Waals surface area contributed by atoms with E-state index in [0.717, 1.165) is 23.3 Å². The normalized spacial score (nSPS) is 11.8. The standard InChI is InChI=1S/C21H24N4O2S/c1-4-15-5-9-17(10-6-15)19-23-21(25-24-19)28-14(2)20(26)22-13-16-7-11-18(27-3)12-8-16/h5-12,14H,4,13H2,1-3H3,(H,22,26)(H,23,24,25)/t14-/m0/s1. The van der Waals surface area contributed by atoms with Crippen molar-refractivity contribution in [2.75, 3.05) is 7.11 Å². The van der Waals surface area contributed by atoms with E-state index in [-0.39, 0.29) is 11.2 Å². The zero-order valence-corrected chi connectivity index (χ0v) is 17.0. The van der Waals surface area contributed by atoms with E-state index >= 15 is 0 Å². The van der Waals surface area contributed by atoms with Crippen molar-refractivity contribution in [3.63, 3.8) is 0 Å². The number of methoxy groups -OCH3 is 1. The Kier molecular flexibility index (Phi) is 6.71. The first-order chi connectivity index (χ1) is 13.6. The van der Waals surface area contributed by atoms with Gasteiger partial charge in [-0.25, -0.2) is 4.98 Å². The monoisotopic (exact) mass is 396 g/mol. The number of ether oxygens (including phenoxy) is 1. The minimum Gasteiger partial charge on any atom is -0.497 e. The van der Waals surface area contributed by atoms with Gasteiger partial charge < -0.3 is 10.1 Å². The maximum Gasteiger partial charge on any atom is 0.233 e. The number of hydrogen-bond acceptors (Lipinski definition) is 5. The molecule has 0 radical (unpaired) electrons. The van der Waals surface area contributed by atoms with Crippen molar-refractivity contribution in [1.29, 1.82) is 0 Å². The van der Waals surface area contributed by atoms with E-state index in [1.807, 2.05) is 43.3 Å². The van der Waals surface area contributed by atoms with E-state index < -0.39 is 0 Å². The Balaban J connectivity index is 1.54. The Hall–Kier alpha value is -2.80. The molecule has 1 heterocycles. The molecule has 1 aromatic heterocycles. The molecule has 0 aliphatic rings. The lowest BCUT2D eigenvalue weighted by Crippen LogP contribution is -2.30. The summed E-state index contributed by atoms with van der Waals surface area (Å²) in [7, 11) is 1.63. The Morgan fingerprint density at radius 3 is 2.46 bits per heavy atom. The summed E-state index contributed by atoms with van der Waals surface area (Å²) in [5.74, 6) is 1.44. The zero-order chi connectivity index (χ0) is 19.9. The highest BCUT2D eigenvalue weighted by Gasteiger charge is 2.17. The number of carbonyl (C=O) groups excluding carboxylic acids is 1. The number of amides is 1. The molecule has 0 unspecified atom stereocenters. The van der Waals surface area contributed by atoms with Crippen LogP contribution >= 0.6 is 11.8 Å². The van der Waals surface area contributed by atoms with Crippen LogP contribution in [0.25, 0.3) is 11.4 Å². The molecule has 0 saturated carbocycles. The minimum atomic E-state index is -0.302. The molecule has 3 aromatic rings. The first-order valence-corrected chi connectivity index (χ1v) is 10.1. The number of thioether (sulfide) groups is 1. The van der Waals surface area contributed by atoms with Crippen molar-refractivity contribution in [2.24, 2.45) is 0 Å². The maximum atomic E-state index is 12.4. The van der Waals surface area contributed by atoms with E-state index in [9.17, 15) is 4.79 Å².